The molecule has 2 rings (SSSR count). The van der Waals surface area contributed by atoms with Gasteiger partial charge < -0.3 is 14.8 Å². The molecule has 154 valence electrons. The van der Waals surface area contributed by atoms with Gasteiger partial charge in [0.05, 0.1) is 0 Å². The Morgan fingerprint density at radius 1 is 0.862 bits per heavy atom. The molecule has 1 N–H and O–H groups in total. The third kappa shape index (κ3) is 6.45. The van der Waals surface area contributed by atoms with Gasteiger partial charge in [-0.3, -0.25) is 9.59 Å². The van der Waals surface area contributed by atoms with Crippen molar-refractivity contribution in [2.45, 2.75) is 40.0 Å². The van der Waals surface area contributed by atoms with E-state index < -0.39 is 11.9 Å². The third-order valence-corrected chi connectivity index (χ3v) is 4.48. The number of ether oxygens (including phenoxy) is 2. The minimum Gasteiger partial charge on any atom is -0.482 e. The first-order valence-electron chi connectivity index (χ1n) is 9.80. The van der Waals surface area contributed by atoms with Gasteiger partial charge in [0.2, 0.25) is 0 Å². The molecule has 2 aromatic carbocycles. The number of carbonyl (C=O) groups is 3. The van der Waals surface area contributed by atoms with Gasteiger partial charge in [-0.25, -0.2) is 4.79 Å². The van der Waals surface area contributed by atoms with Crippen LogP contribution in [0.2, 0.25) is 0 Å². The highest BCUT2D eigenvalue weighted by Gasteiger charge is 2.13. The first-order valence-corrected chi connectivity index (χ1v) is 9.80. The largest absolute Gasteiger partial charge is 0.482 e. The molecular formula is C23H27NO5. The lowest BCUT2D eigenvalue weighted by Gasteiger charge is -2.14. The maximum absolute atomic E-state index is 12.2. The minimum atomic E-state index is -0.645. The summed E-state index contributed by atoms with van der Waals surface area (Å²) in [7, 11) is 0. The van der Waals surface area contributed by atoms with E-state index in [9.17, 15) is 14.4 Å². The van der Waals surface area contributed by atoms with Crippen molar-refractivity contribution < 1.29 is 23.9 Å². The fourth-order valence-corrected chi connectivity index (χ4v) is 2.85. The van der Waals surface area contributed by atoms with E-state index in [-0.39, 0.29) is 19.0 Å². The lowest BCUT2D eigenvalue weighted by atomic mass is 10.0. The Kier molecular flexibility index (Phi) is 8.40. The van der Waals surface area contributed by atoms with Crippen molar-refractivity contribution in [1.82, 2.24) is 0 Å². The average molecular weight is 397 g/mol. The van der Waals surface area contributed by atoms with Crippen molar-refractivity contribution in [2.75, 3.05) is 18.5 Å². The number of rotatable bonds is 10. The molecule has 6 heteroatoms. The summed E-state index contributed by atoms with van der Waals surface area (Å²) >= 11 is 0. The topological polar surface area (TPSA) is 81.7 Å². The Bertz CT molecular complexity index is 836. The van der Waals surface area contributed by atoms with E-state index in [0.29, 0.717) is 17.7 Å². The summed E-state index contributed by atoms with van der Waals surface area (Å²) in [4.78, 5) is 35.7. The van der Waals surface area contributed by atoms with Crippen molar-refractivity contribution >= 4 is 23.3 Å². The molecule has 0 unspecified atom stereocenters. The predicted molar refractivity (Wildman–Crippen MR) is 111 cm³/mol. The van der Waals surface area contributed by atoms with Crippen LogP contribution in [0, 0.1) is 0 Å². The number of esters is 1. The van der Waals surface area contributed by atoms with Crippen LogP contribution < -0.4 is 10.1 Å². The van der Waals surface area contributed by atoms with Crippen LogP contribution in [0.15, 0.2) is 42.5 Å². The smallest absolute Gasteiger partial charge is 0.344 e. The number of anilines is 1. The highest BCUT2D eigenvalue weighted by atomic mass is 16.6. The summed E-state index contributed by atoms with van der Waals surface area (Å²) < 4.78 is 10.3. The molecule has 1 amide bonds. The van der Waals surface area contributed by atoms with Gasteiger partial charge in [0.25, 0.3) is 5.91 Å². The van der Waals surface area contributed by atoms with E-state index in [4.69, 9.17) is 9.47 Å². The zero-order valence-electron chi connectivity index (χ0n) is 17.1. The van der Waals surface area contributed by atoms with Crippen LogP contribution >= 0.6 is 0 Å². The second kappa shape index (κ2) is 11.0. The average Bonchev–Trinajstić information content (AvgIpc) is 2.76. The van der Waals surface area contributed by atoms with Crippen LogP contribution in [-0.4, -0.2) is 30.9 Å². The molecule has 0 aromatic heterocycles. The molecule has 6 nitrogen and oxygen atoms in total. The molecule has 0 spiro atoms. The first kappa shape index (κ1) is 22.1. The lowest BCUT2D eigenvalue weighted by molar-refractivity contribution is -0.149. The summed E-state index contributed by atoms with van der Waals surface area (Å²) in [5.41, 5.74) is 3.46. The normalized spacial score (nSPS) is 10.3. The summed E-state index contributed by atoms with van der Waals surface area (Å²) in [5, 5.41) is 2.84. The molecule has 0 bridgehead atoms. The van der Waals surface area contributed by atoms with Gasteiger partial charge in [0, 0.05) is 17.7 Å². The second-order valence-corrected chi connectivity index (χ2v) is 6.46. The fraction of sp³-hybridized carbons (Fsp3) is 0.348. The highest BCUT2D eigenvalue weighted by molar-refractivity contribution is 5.96. The van der Waals surface area contributed by atoms with Gasteiger partial charge in [-0.05, 0) is 48.2 Å². The molecule has 0 saturated carbocycles. The van der Waals surface area contributed by atoms with Crippen LogP contribution in [0.3, 0.4) is 0 Å². The van der Waals surface area contributed by atoms with E-state index in [0.717, 1.165) is 29.7 Å². The molecule has 0 atom stereocenters. The van der Waals surface area contributed by atoms with Gasteiger partial charge in [-0.2, -0.15) is 0 Å². The van der Waals surface area contributed by atoms with E-state index in [1.54, 1.807) is 31.2 Å². The van der Waals surface area contributed by atoms with Crippen LogP contribution in [0.4, 0.5) is 5.69 Å². The van der Waals surface area contributed by atoms with Gasteiger partial charge in [-0.15, -0.1) is 0 Å². The number of Topliss-reactive ketones (excluding diaryl/α,β-unsaturated/α-hetero) is 1. The van der Waals surface area contributed by atoms with Crippen LogP contribution in [-0.2, 0) is 27.2 Å². The number of ketones is 1. The summed E-state index contributed by atoms with van der Waals surface area (Å²) in [5.74, 6) is -0.550. The van der Waals surface area contributed by atoms with Gasteiger partial charge in [0.1, 0.15) is 5.75 Å². The maximum atomic E-state index is 12.2. The van der Waals surface area contributed by atoms with E-state index in [1.165, 1.54) is 0 Å². The number of benzene rings is 2. The minimum absolute atomic E-state index is 0.0397. The van der Waals surface area contributed by atoms with Crippen LogP contribution in [0.5, 0.6) is 5.75 Å². The summed E-state index contributed by atoms with van der Waals surface area (Å²) in [6.07, 6.45) is 2.01. The van der Waals surface area contributed by atoms with Gasteiger partial charge in [-0.1, -0.05) is 39.0 Å². The predicted octanol–water partition coefficient (Wildman–Crippen LogP) is 3.96. The number of aryl methyl sites for hydroxylation is 2. The van der Waals surface area contributed by atoms with Crippen molar-refractivity contribution in [3.8, 4) is 5.75 Å². The Morgan fingerprint density at radius 3 is 2.03 bits per heavy atom. The Morgan fingerprint density at radius 2 is 1.48 bits per heavy atom. The zero-order valence-corrected chi connectivity index (χ0v) is 17.1. The Hall–Kier alpha value is -3.15. The number of amides is 1. The highest BCUT2D eigenvalue weighted by Crippen LogP contribution is 2.22. The molecule has 0 radical (unpaired) electrons. The van der Waals surface area contributed by atoms with Crippen molar-refractivity contribution in [3.63, 3.8) is 0 Å². The second-order valence-electron chi connectivity index (χ2n) is 6.46. The quantitative estimate of drug-likeness (QED) is 0.485. The number of nitrogens with one attached hydrogen (secondary N) is 1. The SMILES string of the molecule is CCC(=O)c1ccc(OCC(=O)OCC(=O)Nc2c(CC)cccc2CC)cc1. The molecule has 29 heavy (non-hydrogen) atoms. The van der Waals surface area contributed by atoms with Crippen LogP contribution in [0.25, 0.3) is 0 Å². The molecule has 0 aliphatic heterocycles. The molecule has 0 saturated heterocycles. The lowest BCUT2D eigenvalue weighted by Crippen LogP contribution is -2.24. The molecule has 0 aliphatic rings. The van der Waals surface area contributed by atoms with Crippen LogP contribution in [0.1, 0.15) is 48.7 Å². The number of para-hydroxylation sites is 1. The maximum Gasteiger partial charge on any atom is 0.344 e. The molecule has 0 fully saturated rings. The van der Waals surface area contributed by atoms with Crippen molar-refractivity contribution in [1.29, 1.82) is 0 Å². The molecule has 2 aromatic rings. The standard InChI is InChI=1S/C23H27NO5/c1-4-16-8-7-9-17(5-2)23(16)24-21(26)14-29-22(27)15-28-19-12-10-18(11-13-19)20(25)6-3/h7-13H,4-6,14-15H2,1-3H3,(H,24,26). The molecule has 0 aliphatic carbocycles. The Balaban J connectivity index is 1.82. The fourth-order valence-electron chi connectivity index (χ4n) is 2.85. The number of hydrogen-bond donors (Lipinski definition) is 1. The van der Waals surface area contributed by atoms with Crippen molar-refractivity contribution in [3.05, 3.63) is 59.2 Å². The summed E-state index contributed by atoms with van der Waals surface area (Å²) in [6.45, 7) is 5.13. The third-order valence-electron chi connectivity index (χ3n) is 4.48. The Labute approximate surface area is 171 Å². The number of hydrogen-bond acceptors (Lipinski definition) is 5. The number of carbonyl (C=O) groups excluding carboxylic acids is 3. The van der Waals surface area contributed by atoms with E-state index in [2.05, 4.69) is 5.32 Å². The van der Waals surface area contributed by atoms with Crippen molar-refractivity contribution in [2.24, 2.45) is 0 Å². The van der Waals surface area contributed by atoms with E-state index in [1.807, 2.05) is 32.0 Å². The van der Waals surface area contributed by atoms with Gasteiger partial charge >= 0.3 is 5.97 Å². The zero-order chi connectivity index (χ0) is 21.2. The summed E-state index contributed by atoms with van der Waals surface area (Å²) in [6, 6.07) is 12.4. The monoisotopic (exact) mass is 397 g/mol. The first-order chi connectivity index (χ1) is 14.0. The van der Waals surface area contributed by atoms with Gasteiger partial charge in [0.15, 0.2) is 19.0 Å². The molecule has 0 heterocycles. The molecular weight excluding hydrogens is 370 g/mol. The van der Waals surface area contributed by atoms with E-state index >= 15 is 0 Å².